The van der Waals surface area contributed by atoms with Crippen molar-refractivity contribution in [2.24, 2.45) is 5.92 Å². The van der Waals surface area contributed by atoms with Gasteiger partial charge in [0.05, 0.1) is 25.3 Å². The summed E-state index contributed by atoms with van der Waals surface area (Å²) in [5, 5.41) is 3.00. The lowest BCUT2D eigenvalue weighted by atomic mass is 9.97. The molecule has 1 aromatic rings. The molecule has 0 aromatic heterocycles. The fourth-order valence-electron chi connectivity index (χ4n) is 3.04. The summed E-state index contributed by atoms with van der Waals surface area (Å²) in [5.41, 5.74) is 2.01. The molecule has 0 radical (unpaired) electrons. The van der Waals surface area contributed by atoms with Crippen LogP contribution in [0.1, 0.15) is 36.9 Å². The van der Waals surface area contributed by atoms with E-state index in [2.05, 4.69) is 5.32 Å². The summed E-state index contributed by atoms with van der Waals surface area (Å²) in [7, 11) is -1.62. The molecule has 6 nitrogen and oxygen atoms in total. The number of aryl methyl sites for hydroxylation is 1. The van der Waals surface area contributed by atoms with Gasteiger partial charge in [-0.3, -0.25) is 4.79 Å². The molecule has 1 fully saturated rings. The quantitative estimate of drug-likeness (QED) is 0.876. The van der Waals surface area contributed by atoms with Crippen LogP contribution in [0.4, 0.5) is 0 Å². The second-order valence-electron chi connectivity index (χ2n) is 6.42. The van der Waals surface area contributed by atoms with Crippen LogP contribution in [0.2, 0.25) is 0 Å². The number of carbonyl (C=O) groups is 1. The second kappa shape index (κ2) is 7.53. The van der Waals surface area contributed by atoms with Gasteiger partial charge >= 0.3 is 0 Å². The van der Waals surface area contributed by atoms with E-state index in [-0.39, 0.29) is 24.4 Å². The molecule has 1 amide bonds. The summed E-state index contributed by atoms with van der Waals surface area (Å²) in [6.07, 6.45) is 2.61. The van der Waals surface area contributed by atoms with E-state index in [0.717, 1.165) is 16.9 Å². The minimum atomic E-state index is -3.25. The van der Waals surface area contributed by atoms with Gasteiger partial charge < -0.3 is 10.1 Å². The van der Waals surface area contributed by atoms with Gasteiger partial charge in [-0.2, -0.15) is 0 Å². The molecule has 1 aromatic carbocycles. The van der Waals surface area contributed by atoms with Gasteiger partial charge in [0.1, 0.15) is 5.75 Å². The first-order valence-electron chi connectivity index (χ1n) is 8.12. The minimum Gasteiger partial charge on any atom is -0.496 e. The Labute approximate surface area is 144 Å². The summed E-state index contributed by atoms with van der Waals surface area (Å²) >= 11 is 0. The molecule has 7 heteroatoms. The molecular formula is C17H26N2O4S. The van der Waals surface area contributed by atoms with Crippen LogP contribution in [0.3, 0.4) is 0 Å². The van der Waals surface area contributed by atoms with Crippen molar-refractivity contribution in [1.29, 1.82) is 0 Å². The Hall–Kier alpha value is -1.60. The number of rotatable bonds is 5. The van der Waals surface area contributed by atoms with Crippen LogP contribution in [0.25, 0.3) is 0 Å². The highest BCUT2D eigenvalue weighted by atomic mass is 32.2. The molecule has 24 heavy (non-hydrogen) atoms. The number of nitrogens with zero attached hydrogens (tertiary/aromatic N) is 1. The zero-order valence-corrected chi connectivity index (χ0v) is 15.5. The highest BCUT2D eigenvalue weighted by Crippen LogP contribution is 2.24. The molecular weight excluding hydrogens is 328 g/mol. The number of ether oxygens (including phenoxy) is 1. The van der Waals surface area contributed by atoms with Crippen LogP contribution < -0.4 is 10.1 Å². The van der Waals surface area contributed by atoms with Crippen LogP contribution >= 0.6 is 0 Å². The van der Waals surface area contributed by atoms with Crippen molar-refractivity contribution in [2.45, 2.75) is 32.7 Å². The maximum atomic E-state index is 12.5. The topological polar surface area (TPSA) is 75.7 Å². The van der Waals surface area contributed by atoms with Crippen LogP contribution in [0.5, 0.6) is 5.75 Å². The average Bonchev–Trinajstić information content (AvgIpc) is 2.54. The highest BCUT2D eigenvalue weighted by molar-refractivity contribution is 7.88. The monoisotopic (exact) mass is 354 g/mol. The largest absolute Gasteiger partial charge is 0.496 e. The lowest BCUT2D eigenvalue weighted by molar-refractivity contribution is -0.126. The summed E-state index contributed by atoms with van der Waals surface area (Å²) in [6.45, 7) is 4.65. The molecule has 0 bridgehead atoms. The average molecular weight is 354 g/mol. The molecule has 134 valence electrons. The lowest BCUT2D eigenvalue weighted by Crippen LogP contribution is -2.45. The molecule has 0 saturated carbocycles. The predicted molar refractivity (Wildman–Crippen MR) is 93.4 cm³/mol. The van der Waals surface area contributed by atoms with Crippen molar-refractivity contribution in [3.8, 4) is 5.75 Å². The lowest BCUT2D eigenvalue weighted by Gasteiger charge is -2.31. The number of sulfonamides is 1. The molecule has 2 atom stereocenters. The fourth-order valence-corrected chi connectivity index (χ4v) is 3.95. The smallest absolute Gasteiger partial charge is 0.224 e. The van der Waals surface area contributed by atoms with Crippen molar-refractivity contribution in [1.82, 2.24) is 9.62 Å². The van der Waals surface area contributed by atoms with Crippen LogP contribution in [0, 0.1) is 12.8 Å². The zero-order chi connectivity index (χ0) is 17.9. The Morgan fingerprint density at radius 2 is 2.12 bits per heavy atom. The van der Waals surface area contributed by atoms with Gasteiger partial charge in [0, 0.05) is 13.1 Å². The molecule has 0 aliphatic carbocycles. The van der Waals surface area contributed by atoms with E-state index in [1.165, 1.54) is 10.6 Å². The third-order valence-electron chi connectivity index (χ3n) is 4.50. The first-order chi connectivity index (χ1) is 11.2. The summed E-state index contributed by atoms with van der Waals surface area (Å²) in [4.78, 5) is 12.5. The van der Waals surface area contributed by atoms with Gasteiger partial charge in [-0.15, -0.1) is 0 Å². The van der Waals surface area contributed by atoms with Crippen molar-refractivity contribution in [2.75, 3.05) is 26.5 Å². The van der Waals surface area contributed by atoms with E-state index in [9.17, 15) is 13.2 Å². The molecule has 1 saturated heterocycles. The summed E-state index contributed by atoms with van der Waals surface area (Å²) in [6, 6.07) is 5.67. The second-order valence-corrected chi connectivity index (χ2v) is 8.40. The van der Waals surface area contributed by atoms with Crippen molar-refractivity contribution >= 4 is 15.9 Å². The number of hydrogen-bond donors (Lipinski definition) is 1. The Kier molecular flexibility index (Phi) is 5.87. The standard InChI is InChI=1S/C17H26N2O4S/c1-12-10-14(7-8-16(12)23-3)13(2)18-17(20)15-6-5-9-19(11-15)24(4,21)22/h7-8,10,13,15H,5-6,9,11H2,1-4H3,(H,18,20)/t13-,15+/m1/s1. The SMILES string of the molecule is COc1ccc([C@@H](C)NC(=O)[C@H]2CCCN(S(C)(=O)=O)C2)cc1C. The van der Waals surface area contributed by atoms with Crippen LogP contribution in [-0.4, -0.2) is 45.1 Å². The molecule has 0 spiro atoms. The van der Waals surface area contributed by atoms with Gasteiger partial charge in [-0.1, -0.05) is 12.1 Å². The number of amides is 1. The van der Waals surface area contributed by atoms with Crippen molar-refractivity contribution in [3.63, 3.8) is 0 Å². The maximum absolute atomic E-state index is 12.5. The van der Waals surface area contributed by atoms with E-state index in [4.69, 9.17) is 4.74 Å². The third-order valence-corrected chi connectivity index (χ3v) is 5.77. The molecule has 2 rings (SSSR count). The first-order valence-corrected chi connectivity index (χ1v) is 9.97. The maximum Gasteiger partial charge on any atom is 0.224 e. The number of benzene rings is 1. The van der Waals surface area contributed by atoms with Gasteiger partial charge in [-0.05, 0) is 43.9 Å². The number of methoxy groups -OCH3 is 1. The predicted octanol–water partition coefficient (Wildman–Crippen LogP) is 1.85. The molecule has 0 unspecified atom stereocenters. The molecule has 1 aliphatic rings. The summed E-state index contributed by atoms with van der Waals surface area (Å²) in [5.74, 6) is 0.424. The Morgan fingerprint density at radius 1 is 1.42 bits per heavy atom. The van der Waals surface area contributed by atoms with E-state index < -0.39 is 10.0 Å². The summed E-state index contributed by atoms with van der Waals surface area (Å²) < 4.78 is 30.0. The number of carbonyl (C=O) groups excluding carboxylic acids is 1. The Morgan fingerprint density at radius 3 is 2.71 bits per heavy atom. The van der Waals surface area contributed by atoms with Gasteiger partial charge in [0.2, 0.25) is 15.9 Å². The minimum absolute atomic E-state index is 0.0932. The number of piperidine rings is 1. The van der Waals surface area contributed by atoms with Crippen molar-refractivity contribution in [3.05, 3.63) is 29.3 Å². The molecule has 1 N–H and O–H groups in total. The van der Waals surface area contributed by atoms with Gasteiger partial charge in [-0.25, -0.2) is 12.7 Å². The number of hydrogen-bond acceptors (Lipinski definition) is 4. The first kappa shape index (κ1) is 18.7. The van der Waals surface area contributed by atoms with E-state index in [1.54, 1.807) is 7.11 Å². The molecule has 1 aliphatic heterocycles. The highest BCUT2D eigenvalue weighted by Gasteiger charge is 2.30. The van der Waals surface area contributed by atoms with Crippen LogP contribution in [0.15, 0.2) is 18.2 Å². The molecule has 1 heterocycles. The third kappa shape index (κ3) is 4.48. The van der Waals surface area contributed by atoms with E-state index in [1.807, 2.05) is 32.0 Å². The van der Waals surface area contributed by atoms with Gasteiger partial charge in [0.25, 0.3) is 0 Å². The van der Waals surface area contributed by atoms with Gasteiger partial charge in [0.15, 0.2) is 0 Å². The fraction of sp³-hybridized carbons (Fsp3) is 0.588. The van der Waals surface area contributed by atoms with E-state index in [0.29, 0.717) is 19.4 Å². The van der Waals surface area contributed by atoms with Crippen LogP contribution in [-0.2, 0) is 14.8 Å². The number of nitrogens with one attached hydrogen (secondary N) is 1. The zero-order valence-electron chi connectivity index (χ0n) is 14.7. The van der Waals surface area contributed by atoms with E-state index >= 15 is 0 Å². The Balaban J connectivity index is 2.02. The Bertz CT molecular complexity index is 703. The normalized spacial score (nSPS) is 20.4. The van der Waals surface area contributed by atoms with Crippen molar-refractivity contribution < 1.29 is 17.9 Å².